The summed E-state index contributed by atoms with van der Waals surface area (Å²) in [6, 6.07) is 15.4. The molecule has 0 N–H and O–H groups in total. The van der Waals surface area contributed by atoms with Crippen LogP contribution < -0.4 is 4.90 Å². The van der Waals surface area contributed by atoms with Crippen LogP contribution in [-0.4, -0.2) is 10.2 Å². The predicted octanol–water partition coefficient (Wildman–Crippen LogP) is 5.87. The molecule has 2 aromatic carbocycles. The maximum absolute atomic E-state index is 12.7. The van der Waals surface area contributed by atoms with E-state index in [-0.39, 0.29) is 5.91 Å². The van der Waals surface area contributed by atoms with Gasteiger partial charge in [0.05, 0.1) is 10.6 Å². The Bertz CT molecular complexity index is 828. The van der Waals surface area contributed by atoms with Gasteiger partial charge in [-0.25, -0.2) is 0 Å². The van der Waals surface area contributed by atoms with E-state index in [1.165, 1.54) is 22.2 Å². The average molecular weight is 374 g/mol. The molecule has 1 heterocycles. The number of halogens is 1. The highest BCUT2D eigenvalue weighted by Gasteiger charge is 2.33. The van der Waals surface area contributed by atoms with Crippen molar-refractivity contribution in [2.45, 2.75) is 19.8 Å². The lowest BCUT2D eigenvalue weighted by Crippen LogP contribution is -2.27. The van der Waals surface area contributed by atoms with Gasteiger partial charge in [-0.1, -0.05) is 79.8 Å². The van der Waals surface area contributed by atoms with Crippen LogP contribution in [0.15, 0.2) is 53.4 Å². The summed E-state index contributed by atoms with van der Waals surface area (Å²) in [6.07, 6.45) is 1.88. The normalized spacial score (nSPS) is 16.5. The van der Waals surface area contributed by atoms with Gasteiger partial charge < -0.3 is 0 Å². The van der Waals surface area contributed by atoms with Gasteiger partial charge in [-0.15, -0.1) is 0 Å². The third-order valence-corrected chi connectivity index (χ3v) is 5.30. The summed E-state index contributed by atoms with van der Waals surface area (Å²) in [5.74, 6) is 0.375. The van der Waals surface area contributed by atoms with Crippen molar-refractivity contribution < 1.29 is 4.79 Å². The Kier molecular flexibility index (Phi) is 5.09. The molecule has 5 heteroatoms. The van der Waals surface area contributed by atoms with Gasteiger partial charge in [-0.05, 0) is 41.3 Å². The second-order valence-corrected chi connectivity index (χ2v) is 7.93. The molecule has 1 aliphatic rings. The smallest absolute Gasteiger partial charge is 0.268 e. The van der Waals surface area contributed by atoms with Crippen LogP contribution in [0.4, 0.5) is 5.69 Å². The van der Waals surface area contributed by atoms with Crippen molar-refractivity contribution in [3.8, 4) is 0 Å². The van der Waals surface area contributed by atoms with Crippen LogP contribution in [0.25, 0.3) is 6.08 Å². The number of rotatable bonds is 3. The summed E-state index contributed by atoms with van der Waals surface area (Å²) < 4.78 is 0.521. The Morgan fingerprint density at radius 2 is 1.88 bits per heavy atom. The molecule has 0 radical (unpaired) electrons. The standard InChI is InChI=1S/C19H16ClNOS2/c1-12(2)14-8-6-13(7-9-14)10-17-18(22)21(19(23)24-17)16-5-3-4-15(20)11-16/h3-12H,1-2H3. The molecule has 1 aliphatic heterocycles. The van der Waals surface area contributed by atoms with E-state index in [1.807, 2.05) is 30.3 Å². The molecule has 1 saturated heterocycles. The minimum absolute atomic E-state index is 0.111. The van der Waals surface area contributed by atoms with E-state index in [0.29, 0.717) is 25.9 Å². The lowest BCUT2D eigenvalue weighted by Gasteiger charge is -2.14. The Labute approximate surface area is 156 Å². The van der Waals surface area contributed by atoms with E-state index in [2.05, 4.69) is 26.0 Å². The molecule has 0 atom stereocenters. The molecule has 24 heavy (non-hydrogen) atoms. The van der Waals surface area contributed by atoms with E-state index < -0.39 is 0 Å². The minimum Gasteiger partial charge on any atom is -0.268 e. The zero-order chi connectivity index (χ0) is 17.3. The monoisotopic (exact) mass is 373 g/mol. The molecule has 0 spiro atoms. The molecule has 0 aromatic heterocycles. The molecule has 3 rings (SSSR count). The fraction of sp³-hybridized carbons (Fsp3) is 0.158. The number of anilines is 1. The summed E-state index contributed by atoms with van der Waals surface area (Å²) in [6.45, 7) is 4.32. The predicted molar refractivity (Wildman–Crippen MR) is 108 cm³/mol. The largest absolute Gasteiger partial charge is 0.270 e. The summed E-state index contributed by atoms with van der Waals surface area (Å²) in [5, 5.41) is 0.579. The second-order valence-electron chi connectivity index (χ2n) is 5.82. The van der Waals surface area contributed by atoms with Crippen molar-refractivity contribution in [1.82, 2.24) is 0 Å². The number of hydrogen-bond acceptors (Lipinski definition) is 3. The van der Waals surface area contributed by atoms with Crippen LogP contribution in [0.2, 0.25) is 5.02 Å². The third kappa shape index (κ3) is 3.56. The fourth-order valence-electron chi connectivity index (χ4n) is 2.43. The van der Waals surface area contributed by atoms with Gasteiger partial charge in [0.1, 0.15) is 0 Å². The number of carbonyl (C=O) groups excluding carboxylic acids is 1. The highest BCUT2D eigenvalue weighted by Crippen LogP contribution is 2.36. The van der Waals surface area contributed by atoms with Crippen molar-refractivity contribution in [2.24, 2.45) is 0 Å². The Balaban J connectivity index is 1.88. The zero-order valence-electron chi connectivity index (χ0n) is 13.3. The van der Waals surface area contributed by atoms with E-state index in [4.69, 9.17) is 23.8 Å². The van der Waals surface area contributed by atoms with Gasteiger partial charge in [0, 0.05) is 5.02 Å². The van der Waals surface area contributed by atoms with Gasteiger partial charge in [0.2, 0.25) is 0 Å². The maximum atomic E-state index is 12.7. The summed E-state index contributed by atoms with van der Waals surface area (Å²) in [5.41, 5.74) is 2.97. The van der Waals surface area contributed by atoms with Gasteiger partial charge >= 0.3 is 0 Å². The summed E-state index contributed by atoms with van der Waals surface area (Å²) in [7, 11) is 0. The lowest BCUT2D eigenvalue weighted by molar-refractivity contribution is -0.113. The number of benzene rings is 2. The quantitative estimate of drug-likeness (QED) is 0.495. The molecule has 2 nitrogen and oxygen atoms in total. The fourth-order valence-corrected chi connectivity index (χ4v) is 3.92. The molecule has 0 aliphatic carbocycles. The number of amides is 1. The first-order chi connectivity index (χ1) is 11.5. The molecule has 0 bridgehead atoms. The first kappa shape index (κ1) is 17.2. The number of thiocarbonyl (C=S) groups is 1. The molecular weight excluding hydrogens is 358 g/mol. The number of hydrogen-bond donors (Lipinski definition) is 0. The van der Waals surface area contributed by atoms with Gasteiger partial charge in [-0.2, -0.15) is 0 Å². The van der Waals surface area contributed by atoms with Crippen molar-refractivity contribution in [3.05, 3.63) is 69.6 Å². The van der Waals surface area contributed by atoms with E-state index in [1.54, 1.807) is 12.1 Å². The minimum atomic E-state index is -0.111. The van der Waals surface area contributed by atoms with Gasteiger partial charge in [0.15, 0.2) is 4.32 Å². The number of thioether (sulfide) groups is 1. The van der Waals surface area contributed by atoms with Crippen molar-refractivity contribution in [2.75, 3.05) is 4.90 Å². The van der Waals surface area contributed by atoms with Crippen LogP contribution in [-0.2, 0) is 4.79 Å². The second kappa shape index (κ2) is 7.09. The van der Waals surface area contributed by atoms with Gasteiger partial charge in [-0.3, -0.25) is 9.69 Å². The molecule has 122 valence electrons. The first-order valence-corrected chi connectivity index (χ1v) is 9.19. The van der Waals surface area contributed by atoms with Gasteiger partial charge in [0.25, 0.3) is 5.91 Å². The Hall–Kier alpha value is -1.62. The average Bonchev–Trinajstić information content (AvgIpc) is 2.82. The molecular formula is C19H16ClNOS2. The molecule has 0 saturated carbocycles. The number of carbonyl (C=O) groups is 1. The summed E-state index contributed by atoms with van der Waals surface area (Å²) >= 11 is 12.7. The van der Waals surface area contributed by atoms with Crippen molar-refractivity contribution in [3.63, 3.8) is 0 Å². The Morgan fingerprint density at radius 1 is 1.17 bits per heavy atom. The Morgan fingerprint density at radius 3 is 2.50 bits per heavy atom. The SMILES string of the molecule is CC(C)c1ccc(C=C2SC(=S)N(c3cccc(Cl)c3)C2=O)cc1. The molecule has 0 unspecified atom stereocenters. The molecule has 2 aromatic rings. The molecule has 1 fully saturated rings. The lowest BCUT2D eigenvalue weighted by atomic mass is 10.0. The van der Waals surface area contributed by atoms with Crippen molar-refractivity contribution >= 4 is 57.6 Å². The summed E-state index contributed by atoms with van der Waals surface area (Å²) in [4.78, 5) is 14.9. The maximum Gasteiger partial charge on any atom is 0.270 e. The van der Waals surface area contributed by atoms with E-state index in [0.717, 1.165) is 5.56 Å². The van der Waals surface area contributed by atoms with Crippen LogP contribution in [0, 0.1) is 0 Å². The third-order valence-electron chi connectivity index (χ3n) is 3.76. The van der Waals surface area contributed by atoms with Crippen LogP contribution in [0.5, 0.6) is 0 Å². The van der Waals surface area contributed by atoms with E-state index >= 15 is 0 Å². The van der Waals surface area contributed by atoms with E-state index in [9.17, 15) is 4.79 Å². The van der Waals surface area contributed by atoms with Crippen LogP contribution in [0.3, 0.4) is 0 Å². The number of nitrogens with zero attached hydrogens (tertiary/aromatic N) is 1. The topological polar surface area (TPSA) is 20.3 Å². The molecule has 1 amide bonds. The zero-order valence-corrected chi connectivity index (χ0v) is 15.7. The highest BCUT2D eigenvalue weighted by molar-refractivity contribution is 8.27. The highest BCUT2D eigenvalue weighted by atomic mass is 35.5. The van der Waals surface area contributed by atoms with Crippen LogP contribution in [0.1, 0.15) is 30.9 Å². The van der Waals surface area contributed by atoms with Crippen molar-refractivity contribution in [1.29, 1.82) is 0 Å². The van der Waals surface area contributed by atoms with Crippen LogP contribution >= 0.6 is 35.6 Å². The first-order valence-electron chi connectivity index (χ1n) is 7.59.